The molecule has 0 aliphatic heterocycles. The van der Waals surface area contributed by atoms with Gasteiger partial charge in [0.2, 0.25) is 11.8 Å². The van der Waals surface area contributed by atoms with Crippen LogP contribution in [0.4, 0.5) is 4.39 Å². The summed E-state index contributed by atoms with van der Waals surface area (Å²) in [6.45, 7) is 4.29. The third kappa shape index (κ3) is 7.88. The average Bonchev–Trinajstić information content (AvgIpc) is 2.81. The van der Waals surface area contributed by atoms with Crippen molar-refractivity contribution in [1.82, 2.24) is 10.2 Å². The van der Waals surface area contributed by atoms with Crippen molar-refractivity contribution in [2.45, 2.75) is 76.8 Å². The van der Waals surface area contributed by atoms with Crippen molar-refractivity contribution < 1.29 is 14.0 Å². The maximum atomic E-state index is 13.4. The van der Waals surface area contributed by atoms with Gasteiger partial charge in [-0.2, -0.15) is 0 Å². The van der Waals surface area contributed by atoms with E-state index in [-0.39, 0.29) is 23.7 Å². The zero-order valence-electron chi connectivity index (χ0n) is 19.7. The zero-order valence-corrected chi connectivity index (χ0v) is 20.5. The largest absolute Gasteiger partial charge is 0.352 e. The van der Waals surface area contributed by atoms with Crippen molar-refractivity contribution in [1.29, 1.82) is 0 Å². The maximum absolute atomic E-state index is 13.4. The van der Waals surface area contributed by atoms with Crippen molar-refractivity contribution in [3.8, 4) is 0 Å². The van der Waals surface area contributed by atoms with Gasteiger partial charge in [0.1, 0.15) is 11.9 Å². The van der Waals surface area contributed by atoms with Crippen molar-refractivity contribution >= 4 is 23.6 Å². The molecule has 1 aliphatic rings. The number of nitrogens with zero attached hydrogens (tertiary/aromatic N) is 1. The summed E-state index contributed by atoms with van der Waals surface area (Å²) >= 11 is 1.56. The van der Waals surface area contributed by atoms with Gasteiger partial charge in [-0.3, -0.25) is 9.59 Å². The highest BCUT2D eigenvalue weighted by molar-refractivity contribution is 7.99. The summed E-state index contributed by atoms with van der Waals surface area (Å²) < 4.78 is 13.4. The van der Waals surface area contributed by atoms with E-state index in [9.17, 15) is 14.0 Å². The van der Waals surface area contributed by atoms with Crippen molar-refractivity contribution in [2.24, 2.45) is 0 Å². The molecule has 0 spiro atoms. The fourth-order valence-corrected chi connectivity index (χ4v) is 5.25. The smallest absolute Gasteiger partial charge is 0.243 e. The van der Waals surface area contributed by atoms with Gasteiger partial charge >= 0.3 is 0 Å². The SMILES string of the molecule is CC[C@@H](C(=O)NC1CCCCC1)N(Cc1ccc(F)cc1)C(=O)CSCc1cccc(C)c1. The number of aryl methyl sites for hydroxylation is 1. The molecule has 6 heteroatoms. The molecule has 1 aliphatic carbocycles. The minimum absolute atomic E-state index is 0.0670. The van der Waals surface area contributed by atoms with Crippen molar-refractivity contribution in [3.05, 3.63) is 71.0 Å². The lowest BCUT2D eigenvalue weighted by atomic mass is 9.95. The van der Waals surface area contributed by atoms with Crippen LogP contribution < -0.4 is 5.32 Å². The lowest BCUT2D eigenvalue weighted by Crippen LogP contribution is -2.52. The van der Waals surface area contributed by atoms with Gasteiger partial charge in [-0.15, -0.1) is 11.8 Å². The van der Waals surface area contributed by atoms with Crippen LogP contribution in [0.5, 0.6) is 0 Å². The molecule has 2 aromatic rings. The summed E-state index contributed by atoms with van der Waals surface area (Å²) in [5.41, 5.74) is 3.19. The van der Waals surface area contributed by atoms with Gasteiger partial charge in [-0.1, -0.05) is 68.1 Å². The van der Waals surface area contributed by atoms with Crippen LogP contribution in [0.3, 0.4) is 0 Å². The van der Waals surface area contributed by atoms with Crippen LogP contribution in [0, 0.1) is 12.7 Å². The van der Waals surface area contributed by atoms with Crippen LogP contribution in [-0.4, -0.2) is 34.6 Å². The summed E-state index contributed by atoms with van der Waals surface area (Å²) in [4.78, 5) is 28.2. The molecule has 3 rings (SSSR count). The van der Waals surface area contributed by atoms with Crippen molar-refractivity contribution in [3.63, 3.8) is 0 Å². The van der Waals surface area contributed by atoms with Gasteiger partial charge in [0.15, 0.2) is 0 Å². The molecule has 0 unspecified atom stereocenters. The van der Waals surface area contributed by atoms with Gasteiger partial charge in [0, 0.05) is 18.3 Å². The molecule has 1 N–H and O–H groups in total. The Hall–Kier alpha value is -2.34. The van der Waals surface area contributed by atoms with E-state index in [0.717, 1.165) is 37.0 Å². The Morgan fingerprint density at radius 1 is 1.09 bits per heavy atom. The fraction of sp³-hybridized carbons (Fsp3) is 0.481. The lowest BCUT2D eigenvalue weighted by Gasteiger charge is -2.32. The molecule has 0 heterocycles. The number of halogens is 1. The van der Waals surface area contributed by atoms with Gasteiger partial charge in [-0.05, 0) is 49.4 Å². The van der Waals surface area contributed by atoms with Crippen LogP contribution in [-0.2, 0) is 21.9 Å². The summed E-state index contributed by atoms with van der Waals surface area (Å²) in [5, 5.41) is 3.19. The molecule has 0 saturated heterocycles. The Balaban J connectivity index is 1.69. The maximum Gasteiger partial charge on any atom is 0.243 e. The number of rotatable bonds is 10. The number of amides is 2. The molecular weight excluding hydrogens is 435 g/mol. The average molecular weight is 471 g/mol. The fourth-order valence-electron chi connectivity index (χ4n) is 4.39. The Morgan fingerprint density at radius 3 is 2.48 bits per heavy atom. The highest BCUT2D eigenvalue weighted by Crippen LogP contribution is 2.20. The number of hydrogen-bond donors (Lipinski definition) is 1. The molecule has 4 nitrogen and oxygen atoms in total. The molecule has 2 aromatic carbocycles. The summed E-state index contributed by atoms with van der Waals surface area (Å²) in [6, 6.07) is 14.1. The number of thioether (sulfide) groups is 1. The molecule has 33 heavy (non-hydrogen) atoms. The number of carbonyl (C=O) groups is 2. The van der Waals surface area contributed by atoms with E-state index in [0.29, 0.717) is 18.7 Å². The minimum atomic E-state index is -0.538. The predicted octanol–water partition coefficient (Wildman–Crippen LogP) is 5.62. The zero-order chi connectivity index (χ0) is 23.6. The predicted molar refractivity (Wildman–Crippen MR) is 133 cm³/mol. The van der Waals surface area contributed by atoms with E-state index in [2.05, 4.69) is 30.4 Å². The summed E-state index contributed by atoms with van der Waals surface area (Å²) in [6.07, 6.45) is 6.02. The van der Waals surface area contributed by atoms with Crippen molar-refractivity contribution in [2.75, 3.05) is 5.75 Å². The Kier molecular flexibility index (Phi) is 9.79. The van der Waals surface area contributed by atoms with Crippen LogP contribution in [0.1, 0.15) is 62.1 Å². The lowest BCUT2D eigenvalue weighted by molar-refractivity contribution is -0.139. The van der Waals surface area contributed by atoms with Gasteiger partial charge in [0.25, 0.3) is 0 Å². The second-order valence-electron chi connectivity index (χ2n) is 8.90. The quantitative estimate of drug-likeness (QED) is 0.490. The van der Waals surface area contributed by atoms with Gasteiger partial charge < -0.3 is 10.2 Å². The highest BCUT2D eigenvalue weighted by atomic mass is 32.2. The molecule has 2 amide bonds. The van der Waals surface area contributed by atoms with Gasteiger partial charge in [0.05, 0.1) is 5.75 Å². The molecular formula is C27H35FN2O2S. The standard InChI is InChI=1S/C27H35FN2O2S/c1-3-25(27(32)29-24-10-5-4-6-11-24)30(17-21-12-14-23(28)15-13-21)26(31)19-33-18-22-9-7-8-20(2)16-22/h7-9,12-16,24-25H,3-6,10-11,17-19H2,1-2H3,(H,29,32)/t25-/m0/s1. The topological polar surface area (TPSA) is 49.4 Å². The monoisotopic (exact) mass is 470 g/mol. The number of carbonyl (C=O) groups excluding carboxylic acids is 2. The van der Waals surface area contributed by atoms with Crippen LogP contribution >= 0.6 is 11.8 Å². The normalized spacial score (nSPS) is 15.1. The molecule has 0 aromatic heterocycles. The third-order valence-electron chi connectivity index (χ3n) is 6.18. The second kappa shape index (κ2) is 12.8. The second-order valence-corrected chi connectivity index (χ2v) is 9.88. The Labute approximate surface area is 201 Å². The third-order valence-corrected chi connectivity index (χ3v) is 7.17. The van der Waals surface area contributed by atoms with E-state index in [1.807, 2.05) is 13.0 Å². The molecule has 1 fully saturated rings. The van der Waals surface area contributed by atoms with E-state index in [1.165, 1.54) is 29.7 Å². The molecule has 1 atom stereocenters. The van der Waals surface area contributed by atoms with E-state index in [1.54, 1.807) is 28.8 Å². The Bertz CT molecular complexity index is 913. The number of benzene rings is 2. The molecule has 0 bridgehead atoms. The van der Waals surface area contributed by atoms with Gasteiger partial charge in [-0.25, -0.2) is 4.39 Å². The highest BCUT2D eigenvalue weighted by Gasteiger charge is 2.30. The number of hydrogen-bond acceptors (Lipinski definition) is 3. The summed E-state index contributed by atoms with van der Waals surface area (Å²) in [5.74, 6) is 0.573. The minimum Gasteiger partial charge on any atom is -0.352 e. The van der Waals surface area contributed by atoms with E-state index in [4.69, 9.17) is 0 Å². The first-order valence-corrected chi connectivity index (χ1v) is 13.1. The van der Waals surface area contributed by atoms with Crippen LogP contribution in [0.15, 0.2) is 48.5 Å². The van der Waals surface area contributed by atoms with Crippen LogP contribution in [0.25, 0.3) is 0 Å². The first-order chi connectivity index (χ1) is 16.0. The summed E-state index contributed by atoms with van der Waals surface area (Å²) in [7, 11) is 0. The van der Waals surface area contributed by atoms with Crippen LogP contribution in [0.2, 0.25) is 0 Å². The first kappa shape index (κ1) is 25.3. The van der Waals surface area contributed by atoms with E-state index >= 15 is 0 Å². The first-order valence-electron chi connectivity index (χ1n) is 11.9. The number of nitrogens with one attached hydrogen (secondary N) is 1. The Morgan fingerprint density at radius 2 is 1.82 bits per heavy atom. The molecule has 1 saturated carbocycles. The molecule has 0 radical (unpaired) electrons. The molecule has 178 valence electrons. The van der Waals surface area contributed by atoms with E-state index < -0.39 is 6.04 Å².